The molecule has 1 unspecified atom stereocenters. The molecule has 18 heavy (non-hydrogen) atoms. The van der Waals surface area contributed by atoms with Crippen molar-refractivity contribution >= 4 is 5.82 Å². The number of ether oxygens (including phenoxy) is 1. The van der Waals surface area contributed by atoms with E-state index >= 15 is 0 Å². The second-order valence-electron chi connectivity index (χ2n) is 5.01. The smallest absolute Gasteiger partial charge is 0.133 e. The topological polar surface area (TPSA) is 37.4 Å². The van der Waals surface area contributed by atoms with Gasteiger partial charge >= 0.3 is 0 Å². The minimum absolute atomic E-state index is 0.343. The van der Waals surface area contributed by atoms with Crippen LogP contribution < -0.4 is 10.2 Å². The molecule has 0 bridgehead atoms. The number of hydrogen-bond acceptors (Lipinski definition) is 4. The van der Waals surface area contributed by atoms with Crippen LogP contribution in [0, 0.1) is 13.8 Å². The summed E-state index contributed by atoms with van der Waals surface area (Å²) in [5.74, 6) is 1.13. The number of hydrogen-bond donors (Lipinski definition) is 1. The third-order valence-corrected chi connectivity index (χ3v) is 3.59. The van der Waals surface area contributed by atoms with Crippen LogP contribution in [0.4, 0.5) is 5.82 Å². The fourth-order valence-electron chi connectivity index (χ4n) is 2.61. The van der Waals surface area contributed by atoms with E-state index in [9.17, 15) is 0 Å². The molecule has 0 aromatic carbocycles. The van der Waals surface area contributed by atoms with Crippen LogP contribution >= 0.6 is 0 Å². The van der Waals surface area contributed by atoms with Crippen LogP contribution in [-0.2, 0) is 11.3 Å². The van der Waals surface area contributed by atoms with Gasteiger partial charge in [-0.05, 0) is 38.9 Å². The van der Waals surface area contributed by atoms with Crippen molar-refractivity contribution in [1.82, 2.24) is 10.3 Å². The molecule has 0 saturated carbocycles. The molecule has 0 spiro atoms. The van der Waals surface area contributed by atoms with Crippen molar-refractivity contribution in [2.45, 2.75) is 32.9 Å². The maximum absolute atomic E-state index is 5.44. The Balaban J connectivity index is 2.31. The third-order valence-electron chi connectivity index (χ3n) is 3.59. The number of anilines is 1. The van der Waals surface area contributed by atoms with Crippen molar-refractivity contribution < 1.29 is 4.74 Å². The van der Waals surface area contributed by atoms with Crippen LogP contribution in [0.1, 0.15) is 23.2 Å². The molecule has 1 N–H and O–H groups in total. The van der Waals surface area contributed by atoms with Crippen molar-refractivity contribution in [3.63, 3.8) is 0 Å². The molecule has 4 nitrogen and oxygen atoms in total. The lowest BCUT2D eigenvalue weighted by Gasteiger charge is -2.22. The molecule has 1 aromatic heterocycles. The molecule has 0 aliphatic carbocycles. The molecule has 1 aliphatic rings. The quantitative estimate of drug-likeness (QED) is 0.880. The van der Waals surface area contributed by atoms with E-state index < -0.39 is 0 Å². The Labute approximate surface area is 109 Å². The van der Waals surface area contributed by atoms with Crippen LogP contribution in [0.3, 0.4) is 0 Å². The minimum Gasteiger partial charge on any atom is -0.380 e. The number of methoxy groups -OCH3 is 1. The lowest BCUT2D eigenvalue weighted by molar-refractivity contribution is 0.121. The van der Waals surface area contributed by atoms with Crippen molar-refractivity contribution in [2.75, 3.05) is 32.1 Å². The zero-order chi connectivity index (χ0) is 13.1. The number of aromatic nitrogens is 1. The molecule has 2 rings (SSSR count). The van der Waals surface area contributed by atoms with E-state index in [1.165, 1.54) is 11.1 Å². The molecule has 4 heteroatoms. The summed E-state index contributed by atoms with van der Waals surface area (Å²) in [6.07, 6.45) is 1.43. The van der Waals surface area contributed by atoms with Crippen molar-refractivity contribution in [2.24, 2.45) is 0 Å². The van der Waals surface area contributed by atoms with Gasteiger partial charge in [-0.25, -0.2) is 4.98 Å². The minimum atomic E-state index is 0.343. The molecule has 1 fully saturated rings. The summed E-state index contributed by atoms with van der Waals surface area (Å²) in [6, 6.07) is 2.15. The molecule has 1 aromatic rings. The first-order valence-corrected chi connectivity index (χ1v) is 6.55. The van der Waals surface area contributed by atoms with Crippen LogP contribution in [0.2, 0.25) is 0 Å². The van der Waals surface area contributed by atoms with E-state index in [-0.39, 0.29) is 0 Å². The van der Waals surface area contributed by atoms with E-state index in [0.717, 1.165) is 37.6 Å². The van der Waals surface area contributed by atoms with E-state index in [1.54, 1.807) is 7.11 Å². The zero-order valence-electron chi connectivity index (χ0n) is 11.8. The van der Waals surface area contributed by atoms with E-state index in [2.05, 4.69) is 30.1 Å². The van der Waals surface area contributed by atoms with Gasteiger partial charge in [0.15, 0.2) is 0 Å². The van der Waals surface area contributed by atoms with Gasteiger partial charge in [0.1, 0.15) is 5.82 Å². The lowest BCUT2D eigenvalue weighted by Crippen LogP contribution is -2.26. The molecule has 0 amide bonds. The SMILES string of the molecule is CNCc1c(C)cc(C)nc1N1CCC(OC)C1. The van der Waals surface area contributed by atoms with E-state index in [4.69, 9.17) is 9.72 Å². The highest BCUT2D eigenvalue weighted by atomic mass is 16.5. The Morgan fingerprint density at radius 3 is 2.89 bits per heavy atom. The van der Waals surface area contributed by atoms with Gasteiger partial charge in [0, 0.05) is 38.0 Å². The van der Waals surface area contributed by atoms with E-state index in [1.807, 2.05) is 7.05 Å². The summed E-state index contributed by atoms with van der Waals surface area (Å²) in [7, 11) is 3.77. The molecule has 1 atom stereocenters. The van der Waals surface area contributed by atoms with Crippen LogP contribution in [0.5, 0.6) is 0 Å². The number of aryl methyl sites for hydroxylation is 2. The van der Waals surface area contributed by atoms with Gasteiger partial charge in [-0.1, -0.05) is 0 Å². The molecular weight excluding hydrogens is 226 g/mol. The standard InChI is InChI=1S/C14H23N3O/c1-10-7-11(2)16-14(13(10)8-15-3)17-6-5-12(9-17)18-4/h7,12,15H,5-6,8-9H2,1-4H3. The Morgan fingerprint density at radius 2 is 2.28 bits per heavy atom. The first-order valence-electron chi connectivity index (χ1n) is 6.55. The summed E-state index contributed by atoms with van der Waals surface area (Å²) in [4.78, 5) is 7.08. The maximum atomic E-state index is 5.44. The highest BCUT2D eigenvalue weighted by Crippen LogP contribution is 2.26. The average molecular weight is 249 g/mol. The third kappa shape index (κ3) is 2.65. The van der Waals surface area contributed by atoms with Gasteiger partial charge < -0.3 is 15.0 Å². The second kappa shape index (κ2) is 5.67. The molecule has 1 aliphatic heterocycles. The number of rotatable bonds is 4. The number of nitrogens with one attached hydrogen (secondary N) is 1. The van der Waals surface area contributed by atoms with Gasteiger partial charge in [0.05, 0.1) is 6.10 Å². The Hall–Kier alpha value is -1.13. The summed E-state index contributed by atoms with van der Waals surface area (Å²) >= 11 is 0. The Bertz CT molecular complexity index is 420. The fraction of sp³-hybridized carbons (Fsp3) is 0.643. The van der Waals surface area contributed by atoms with Crippen LogP contribution in [-0.4, -0.2) is 38.3 Å². The van der Waals surface area contributed by atoms with Crippen molar-refractivity contribution in [1.29, 1.82) is 0 Å². The highest BCUT2D eigenvalue weighted by molar-refractivity contribution is 5.52. The summed E-state index contributed by atoms with van der Waals surface area (Å²) in [5, 5.41) is 3.24. The molecular formula is C14H23N3O. The maximum Gasteiger partial charge on any atom is 0.133 e. The lowest BCUT2D eigenvalue weighted by atomic mass is 10.1. The highest BCUT2D eigenvalue weighted by Gasteiger charge is 2.25. The molecule has 100 valence electrons. The fourth-order valence-corrected chi connectivity index (χ4v) is 2.61. The predicted octanol–water partition coefficient (Wildman–Crippen LogP) is 1.64. The summed E-state index contributed by atoms with van der Waals surface area (Å²) in [6.45, 7) is 7.06. The van der Waals surface area contributed by atoms with Crippen molar-refractivity contribution in [3.05, 3.63) is 22.9 Å². The zero-order valence-corrected chi connectivity index (χ0v) is 11.8. The molecule has 0 radical (unpaired) electrons. The molecule has 1 saturated heterocycles. The number of nitrogens with zero attached hydrogens (tertiary/aromatic N) is 2. The van der Waals surface area contributed by atoms with Gasteiger partial charge in [0.2, 0.25) is 0 Å². The van der Waals surface area contributed by atoms with Gasteiger partial charge in [-0.2, -0.15) is 0 Å². The first kappa shape index (κ1) is 13.3. The van der Waals surface area contributed by atoms with Gasteiger partial charge in [-0.3, -0.25) is 0 Å². The second-order valence-corrected chi connectivity index (χ2v) is 5.01. The number of pyridine rings is 1. The Kier molecular flexibility index (Phi) is 4.19. The van der Waals surface area contributed by atoms with Crippen molar-refractivity contribution in [3.8, 4) is 0 Å². The normalized spacial score (nSPS) is 19.6. The summed E-state index contributed by atoms with van der Waals surface area (Å²) < 4.78 is 5.44. The van der Waals surface area contributed by atoms with Crippen LogP contribution in [0.25, 0.3) is 0 Å². The van der Waals surface area contributed by atoms with Crippen LogP contribution in [0.15, 0.2) is 6.07 Å². The summed E-state index contributed by atoms with van der Waals surface area (Å²) in [5.41, 5.74) is 3.70. The Morgan fingerprint density at radius 1 is 1.50 bits per heavy atom. The van der Waals surface area contributed by atoms with Gasteiger partial charge in [-0.15, -0.1) is 0 Å². The average Bonchev–Trinajstić information content (AvgIpc) is 2.81. The largest absolute Gasteiger partial charge is 0.380 e. The molecule has 2 heterocycles. The first-order chi connectivity index (χ1) is 8.65. The van der Waals surface area contributed by atoms with E-state index in [0.29, 0.717) is 6.10 Å². The van der Waals surface area contributed by atoms with Gasteiger partial charge in [0.25, 0.3) is 0 Å². The monoisotopic (exact) mass is 249 g/mol. The predicted molar refractivity (Wildman–Crippen MR) is 74.1 cm³/mol.